The first kappa shape index (κ1) is 21.5. The second-order valence-corrected chi connectivity index (χ2v) is 6.88. The Morgan fingerprint density at radius 2 is 1.83 bits per heavy atom. The second-order valence-electron chi connectivity index (χ2n) is 6.88. The van der Waals surface area contributed by atoms with E-state index in [1.165, 1.54) is 17.0 Å². The molecule has 1 aliphatic rings. The van der Waals surface area contributed by atoms with E-state index in [0.29, 0.717) is 17.9 Å². The molecule has 2 aromatic rings. The summed E-state index contributed by atoms with van der Waals surface area (Å²) in [6.45, 7) is 0.158. The average molecular weight is 419 g/mol. The first-order valence-electron chi connectivity index (χ1n) is 9.62. The molecular weight excluding hydrogens is 396 g/mol. The highest BCUT2D eigenvalue weighted by Gasteiger charge is 2.33. The first-order chi connectivity index (χ1) is 14.5. The number of rotatable bonds is 9. The van der Waals surface area contributed by atoms with Gasteiger partial charge in [-0.05, 0) is 36.8 Å². The van der Waals surface area contributed by atoms with Gasteiger partial charge in [0.25, 0.3) is 0 Å². The van der Waals surface area contributed by atoms with Gasteiger partial charge >= 0.3 is 5.97 Å². The smallest absolute Gasteiger partial charge is 0.307 e. The van der Waals surface area contributed by atoms with Crippen molar-refractivity contribution < 1.29 is 32.6 Å². The van der Waals surface area contributed by atoms with Crippen LogP contribution in [0.5, 0.6) is 11.5 Å². The number of ether oxygens (including phenoxy) is 3. The minimum atomic E-state index is -0.978. The molecule has 0 spiro atoms. The number of likely N-dealkylation sites (tertiary alicyclic amines) is 1. The molecule has 0 N–H and O–H groups in total. The number of amides is 1. The zero-order chi connectivity index (χ0) is 21.5. The fourth-order valence-corrected chi connectivity index (χ4v) is 3.32. The van der Waals surface area contributed by atoms with Gasteiger partial charge in [0.2, 0.25) is 5.91 Å². The van der Waals surface area contributed by atoms with Crippen molar-refractivity contribution in [2.75, 3.05) is 20.3 Å². The van der Waals surface area contributed by atoms with Crippen LogP contribution in [0.25, 0.3) is 0 Å². The summed E-state index contributed by atoms with van der Waals surface area (Å²) in [4.78, 5) is 25.7. The van der Waals surface area contributed by atoms with E-state index < -0.39 is 23.6 Å². The van der Waals surface area contributed by atoms with E-state index in [4.69, 9.17) is 14.2 Å². The van der Waals surface area contributed by atoms with Gasteiger partial charge in [0.15, 0.2) is 11.6 Å². The van der Waals surface area contributed by atoms with E-state index in [0.717, 1.165) is 6.07 Å². The lowest BCUT2D eigenvalue weighted by molar-refractivity contribution is -0.146. The number of hydrogen-bond donors (Lipinski definition) is 0. The van der Waals surface area contributed by atoms with Crippen LogP contribution in [0.2, 0.25) is 0 Å². The number of hydrogen-bond acceptors (Lipinski definition) is 5. The van der Waals surface area contributed by atoms with Gasteiger partial charge in [-0.25, -0.2) is 8.78 Å². The van der Waals surface area contributed by atoms with Crippen LogP contribution in [-0.4, -0.2) is 43.1 Å². The van der Waals surface area contributed by atoms with Gasteiger partial charge in [-0.3, -0.25) is 9.59 Å². The summed E-state index contributed by atoms with van der Waals surface area (Å²) in [5.74, 6) is -1.28. The van der Waals surface area contributed by atoms with Crippen LogP contribution in [0, 0.1) is 11.6 Å². The zero-order valence-corrected chi connectivity index (χ0v) is 16.6. The van der Waals surface area contributed by atoms with Crippen molar-refractivity contribution in [3.05, 3.63) is 59.7 Å². The number of nitrogens with zero attached hydrogens (tertiary/aromatic N) is 1. The molecule has 0 radical (unpaired) electrons. The first-order valence-corrected chi connectivity index (χ1v) is 9.62. The molecule has 1 amide bonds. The van der Waals surface area contributed by atoms with E-state index >= 15 is 0 Å². The minimum absolute atomic E-state index is 0.00872. The Bertz CT molecular complexity index is 888. The van der Waals surface area contributed by atoms with E-state index in [9.17, 15) is 18.4 Å². The summed E-state index contributed by atoms with van der Waals surface area (Å²) >= 11 is 0. The van der Waals surface area contributed by atoms with Crippen LogP contribution in [0.3, 0.4) is 0 Å². The third-order valence-electron chi connectivity index (χ3n) is 4.90. The van der Waals surface area contributed by atoms with Crippen LogP contribution in [0.1, 0.15) is 24.8 Å². The van der Waals surface area contributed by atoms with Gasteiger partial charge in [0, 0.05) is 24.6 Å². The molecule has 160 valence electrons. The molecule has 1 unspecified atom stereocenters. The quantitative estimate of drug-likeness (QED) is 0.460. The number of benzene rings is 2. The molecule has 30 heavy (non-hydrogen) atoms. The normalized spacial score (nSPS) is 15.9. The van der Waals surface area contributed by atoms with Crippen molar-refractivity contribution >= 4 is 11.9 Å². The summed E-state index contributed by atoms with van der Waals surface area (Å²) in [6.07, 6.45) is 0.716. The molecule has 6 nitrogen and oxygen atoms in total. The summed E-state index contributed by atoms with van der Waals surface area (Å²) in [5, 5.41) is 0. The molecule has 1 aliphatic heterocycles. The summed E-state index contributed by atoms with van der Waals surface area (Å²) in [7, 11) is 1.57. The average Bonchev–Trinajstić information content (AvgIpc) is 3.08. The Hall–Kier alpha value is -3.16. The van der Waals surface area contributed by atoms with Crippen LogP contribution < -0.4 is 9.47 Å². The maximum Gasteiger partial charge on any atom is 0.307 e. The predicted molar refractivity (Wildman–Crippen MR) is 104 cm³/mol. The molecule has 8 heteroatoms. The number of carbonyl (C=O) groups excluding carboxylic acids is 2. The van der Waals surface area contributed by atoms with Crippen molar-refractivity contribution in [3.63, 3.8) is 0 Å². The maximum absolute atomic E-state index is 13.9. The van der Waals surface area contributed by atoms with E-state index in [1.807, 2.05) is 0 Å². The number of carbonyl (C=O) groups is 2. The fraction of sp³-hybridized carbons (Fsp3) is 0.364. The van der Waals surface area contributed by atoms with Gasteiger partial charge in [0.1, 0.15) is 24.7 Å². The number of halogens is 2. The monoisotopic (exact) mass is 419 g/mol. The van der Waals surface area contributed by atoms with Crippen molar-refractivity contribution in [1.29, 1.82) is 0 Å². The number of esters is 1. The molecule has 1 fully saturated rings. The molecule has 0 aliphatic carbocycles. The topological polar surface area (TPSA) is 65.1 Å². The van der Waals surface area contributed by atoms with Gasteiger partial charge in [-0.15, -0.1) is 0 Å². The third-order valence-corrected chi connectivity index (χ3v) is 4.90. The summed E-state index contributed by atoms with van der Waals surface area (Å²) in [6, 6.07) is 10.4. The van der Waals surface area contributed by atoms with E-state index in [1.54, 1.807) is 31.4 Å². The summed E-state index contributed by atoms with van der Waals surface area (Å²) in [5.41, 5.74) is 0.0801. The van der Waals surface area contributed by atoms with Gasteiger partial charge in [-0.2, -0.15) is 0 Å². The largest absolute Gasteiger partial charge is 0.497 e. The van der Waals surface area contributed by atoms with Crippen molar-refractivity contribution in [2.24, 2.45) is 0 Å². The highest BCUT2D eigenvalue weighted by molar-refractivity contribution is 5.80. The second kappa shape index (κ2) is 10.0. The molecule has 0 bridgehead atoms. The highest BCUT2D eigenvalue weighted by atomic mass is 19.2. The van der Waals surface area contributed by atoms with Crippen LogP contribution in [-0.2, 0) is 20.9 Å². The SMILES string of the molecule is COc1ccc(OCCOC(=O)CC2CCC(=O)N2Cc2cccc(F)c2F)cc1. The Balaban J connectivity index is 1.46. The van der Waals surface area contributed by atoms with Crippen molar-refractivity contribution in [2.45, 2.75) is 31.8 Å². The van der Waals surface area contributed by atoms with Crippen LogP contribution in [0.4, 0.5) is 8.78 Å². The van der Waals surface area contributed by atoms with E-state index in [-0.39, 0.29) is 44.1 Å². The lowest BCUT2D eigenvalue weighted by atomic mass is 10.1. The summed E-state index contributed by atoms with van der Waals surface area (Å²) < 4.78 is 43.1. The van der Waals surface area contributed by atoms with Crippen LogP contribution in [0.15, 0.2) is 42.5 Å². The van der Waals surface area contributed by atoms with Crippen molar-refractivity contribution in [3.8, 4) is 11.5 Å². The lowest BCUT2D eigenvalue weighted by Gasteiger charge is -2.24. The highest BCUT2D eigenvalue weighted by Crippen LogP contribution is 2.25. The number of methoxy groups -OCH3 is 1. The molecular formula is C22H23F2NO5. The molecule has 1 saturated heterocycles. The Morgan fingerprint density at radius 1 is 1.10 bits per heavy atom. The predicted octanol–water partition coefficient (Wildman–Crippen LogP) is 3.48. The molecule has 1 heterocycles. The molecule has 0 saturated carbocycles. The Morgan fingerprint density at radius 3 is 2.57 bits per heavy atom. The fourth-order valence-electron chi connectivity index (χ4n) is 3.32. The lowest BCUT2D eigenvalue weighted by Crippen LogP contribution is -2.35. The van der Waals surface area contributed by atoms with E-state index in [2.05, 4.69) is 0 Å². The third kappa shape index (κ3) is 5.46. The molecule has 0 aromatic heterocycles. The zero-order valence-electron chi connectivity index (χ0n) is 16.6. The van der Waals surface area contributed by atoms with Gasteiger partial charge in [-0.1, -0.05) is 12.1 Å². The maximum atomic E-state index is 13.9. The van der Waals surface area contributed by atoms with Gasteiger partial charge < -0.3 is 19.1 Å². The Kier molecular flexibility index (Phi) is 7.21. The standard InChI is InChI=1S/C22H23F2NO5/c1-28-17-6-8-18(9-7-17)29-11-12-30-21(27)13-16-5-10-20(26)25(16)14-15-3-2-4-19(23)22(15)24/h2-4,6-9,16H,5,10-14H2,1H3. The minimum Gasteiger partial charge on any atom is -0.497 e. The van der Waals surface area contributed by atoms with Crippen LogP contribution >= 0.6 is 0 Å². The molecule has 3 rings (SSSR count). The van der Waals surface area contributed by atoms with Crippen molar-refractivity contribution in [1.82, 2.24) is 4.90 Å². The Labute approximate surface area is 173 Å². The molecule has 2 aromatic carbocycles. The molecule has 1 atom stereocenters. The van der Waals surface area contributed by atoms with Gasteiger partial charge in [0.05, 0.1) is 13.5 Å².